The van der Waals surface area contributed by atoms with Gasteiger partial charge in [0.25, 0.3) is 7.82 Å². The van der Waals surface area contributed by atoms with Gasteiger partial charge in [-0.05, 0) is 57.8 Å². The number of carbonyl (C=O) groups is 1. The molecule has 0 aliphatic heterocycles. The Morgan fingerprint density at radius 2 is 1.14 bits per heavy atom. The SMILES string of the molecule is CCCCCCCC/C=C/CC/C=C/[C@@H](O)[C@H](COP(=O)([O-])OCC[N+](C)(C)C)NC(=O)CCCCCCC/C=C/CCCCCCCC. The minimum absolute atomic E-state index is 0.00832. The fraction of sp³-hybridized carbons (Fsp3) is 0.825. The van der Waals surface area contributed by atoms with E-state index in [0.29, 0.717) is 17.4 Å². The Labute approximate surface area is 302 Å². The molecule has 3 atom stereocenters. The summed E-state index contributed by atoms with van der Waals surface area (Å²) in [4.78, 5) is 25.2. The monoisotopic (exact) mass is 713 g/mol. The highest BCUT2D eigenvalue weighted by Crippen LogP contribution is 2.38. The van der Waals surface area contributed by atoms with Crippen molar-refractivity contribution in [3.8, 4) is 0 Å². The molecule has 8 nitrogen and oxygen atoms in total. The number of quaternary nitrogens is 1. The van der Waals surface area contributed by atoms with E-state index < -0.39 is 26.6 Å². The van der Waals surface area contributed by atoms with Gasteiger partial charge in [-0.2, -0.15) is 0 Å². The van der Waals surface area contributed by atoms with Crippen molar-refractivity contribution in [1.29, 1.82) is 0 Å². The van der Waals surface area contributed by atoms with Crippen molar-refractivity contribution in [3.05, 3.63) is 36.5 Å². The van der Waals surface area contributed by atoms with Crippen LogP contribution >= 0.6 is 7.82 Å². The molecular weight excluding hydrogens is 635 g/mol. The minimum atomic E-state index is -4.59. The summed E-state index contributed by atoms with van der Waals surface area (Å²) in [5.74, 6) is -0.219. The fourth-order valence-corrected chi connectivity index (χ4v) is 6.06. The first-order valence-corrected chi connectivity index (χ1v) is 21.3. The second-order valence-electron chi connectivity index (χ2n) is 14.6. The Morgan fingerprint density at radius 1 is 0.694 bits per heavy atom. The Hall–Kier alpha value is -1.28. The lowest BCUT2D eigenvalue weighted by atomic mass is 10.1. The molecule has 0 saturated carbocycles. The normalized spacial score (nSPS) is 15.0. The first kappa shape index (κ1) is 47.7. The smallest absolute Gasteiger partial charge is 0.268 e. The van der Waals surface area contributed by atoms with Gasteiger partial charge in [0.2, 0.25) is 5.91 Å². The quantitative estimate of drug-likeness (QED) is 0.0293. The third kappa shape index (κ3) is 34.9. The first-order chi connectivity index (χ1) is 23.5. The third-order valence-electron chi connectivity index (χ3n) is 8.57. The maximum atomic E-state index is 12.8. The van der Waals surface area contributed by atoms with Crippen molar-refractivity contribution in [2.45, 2.75) is 174 Å². The average molecular weight is 713 g/mol. The number of carbonyl (C=O) groups excluding carboxylic acids is 1. The van der Waals surface area contributed by atoms with Crippen LogP contribution < -0.4 is 10.2 Å². The lowest BCUT2D eigenvalue weighted by molar-refractivity contribution is -0.870. The molecule has 0 spiro atoms. The van der Waals surface area contributed by atoms with E-state index >= 15 is 0 Å². The molecule has 1 amide bonds. The van der Waals surface area contributed by atoms with Crippen molar-refractivity contribution in [2.75, 3.05) is 40.9 Å². The first-order valence-electron chi connectivity index (χ1n) is 19.9. The van der Waals surface area contributed by atoms with E-state index in [9.17, 15) is 19.4 Å². The summed E-state index contributed by atoms with van der Waals surface area (Å²) < 4.78 is 23.1. The fourth-order valence-electron chi connectivity index (χ4n) is 5.34. The zero-order valence-electron chi connectivity index (χ0n) is 32.4. The molecule has 0 bridgehead atoms. The van der Waals surface area contributed by atoms with Gasteiger partial charge in [0.1, 0.15) is 13.2 Å². The largest absolute Gasteiger partial charge is 0.756 e. The van der Waals surface area contributed by atoms with E-state index in [1.54, 1.807) is 6.08 Å². The average Bonchev–Trinajstić information content (AvgIpc) is 3.04. The van der Waals surface area contributed by atoms with Gasteiger partial charge in [0.15, 0.2) is 0 Å². The zero-order valence-corrected chi connectivity index (χ0v) is 33.3. The molecule has 1 unspecified atom stereocenters. The standard InChI is InChI=1S/C40H77N2O6P/c1-6-8-10-12-14-16-18-20-21-22-24-26-28-30-32-34-40(44)41-38(37-48-49(45,46)47-36-35-42(3,4)5)39(43)33-31-29-27-25-23-19-17-15-13-11-9-7-2/h20-21,23,25,31,33,38-39,43H,6-19,22,24,26-30,32,34-37H2,1-5H3,(H-,41,44,45,46)/b21-20+,25-23+,33-31+/t38-,39+/m0/s1. The maximum Gasteiger partial charge on any atom is 0.268 e. The second kappa shape index (κ2) is 32.6. The van der Waals surface area contributed by atoms with Gasteiger partial charge in [-0.1, -0.05) is 134 Å². The number of allylic oxidation sites excluding steroid dienone is 5. The Bertz CT molecular complexity index is 902. The number of hydrogen-bond acceptors (Lipinski definition) is 6. The van der Waals surface area contributed by atoms with Crippen molar-refractivity contribution in [2.24, 2.45) is 0 Å². The molecule has 9 heteroatoms. The highest BCUT2D eigenvalue weighted by molar-refractivity contribution is 7.45. The highest BCUT2D eigenvalue weighted by Gasteiger charge is 2.23. The topological polar surface area (TPSA) is 108 Å². The molecule has 0 aliphatic rings. The number of unbranched alkanes of at least 4 members (excludes halogenated alkanes) is 18. The van der Waals surface area contributed by atoms with Crippen molar-refractivity contribution >= 4 is 13.7 Å². The van der Waals surface area contributed by atoms with Gasteiger partial charge in [-0.15, -0.1) is 0 Å². The Kier molecular flexibility index (Phi) is 31.8. The summed E-state index contributed by atoms with van der Waals surface area (Å²) in [6, 6.07) is -0.903. The summed E-state index contributed by atoms with van der Waals surface area (Å²) in [6.07, 6.45) is 37.6. The Balaban J connectivity index is 4.56. The van der Waals surface area contributed by atoms with Crippen LogP contribution in [0.2, 0.25) is 0 Å². The minimum Gasteiger partial charge on any atom is -0.756 e. The van der Waals surface area contributed by atoms with Crippen molar-refractivity contribution < 1.29 is 32.9 Å². The number of phosphoric acid groups is 1. The van der Waals surface area contributed by atoms with Gasteiger partial charge in [0, 0.05) is 6.42 Å². The number of amides is 1. The molecule has 288 valence electrons. The molecule has 0 heterocycles. The number of nitrogens with one attached hydrogen (secondary N) is 1. The lowest BCUT2D eigenvalue weighted by Gasteiger charge is -2.29. The van der Waals surface area contributed by atoms with Crippen LogP contribution in [0.3, 0.4) is 0 Å². The third-order valence-corrected chi connectivity index (χ3v) is 9.54. The maximum absolute atomic E-state index is 12.8. The van der Waals surface area contributed by atoms with Gasteiger partial charge in [0.05, 0.1) is 39.9 Å². The van der Waals surface area contributed by atoms with Crippen LogP contribution in [0.25, 0.3) is 0 Å². The summed E-state index contributed by atoms with van der Waals surface area (Å²) in [6.45, 7) is 4.57. The van der Waals surface area contributed by atoms with E-state index in [4.69, 9.17) is 9.05 Å². The van der Waals surface area contributed by atoms with E-state index in [1.165, 1.54) is 83.5 Å². The van der Waals surface area contributed by atoms with Crippen LogP contribution in [0, 0.1) is 0 Å². The molecule has 0 saturated heterocycles. The van der Waals surface area contributed by atoms with Crippen LogP contribution in [0.1, 0.15) is 162 Å². The van der Waals surface area contributed by atoms with Crippen LogP contribution in [-0.4, -0.2) is 68.5 Å². The molecule has 0 fully saturated rings. The van der Waals surface area contributed by atoms with Gasteiger partial charge in [-0.25, -0.2) is 0 Å². The van der Waals surface area contributed by atoms with E-state index in [2.05, 4.69) is 43.5 Å². The number of phosphoric ester groups is 1. The van der Waals surface area contributed by atoms with Crippen LogP contribution in [0.5, 0.6) is 0 Å². The van der Waals surface area contributed by atoms with Crippen molar-refractivity contribution in [1.82, 2.24) is 5.32 Å². The van der Waals surface area contributed by atoms with E-state index in [1.807, 2.05) is 27.2 Å². The van der Waals surface area contributed by atoms with Crippen molar-refractivity contribution in [3.63, 3.8) is 0 Å². The lowest BCUT2D eigenvalue weighted by Crippen LogP contribution is -2.45. The molecule has 0 aromatic rings. The number of rotatable bonds is 35. The molecule has 0 radical (unpaired) electrons. The summed E-state index contributed by atoms with van der Waals surface area (Å²) in [5.41, 5.74) is 0. The molecule has 0 aliphatic carbocycles. The second-order valence-corrected chi connectivity index (χ2v) is 16.0. The van der Waals surface area contributed by atoms with Crippen LogP contribution in [0.4, 0.5) is 0 Å². The zero-order chi connectivity index (χ0) is 36.5. The summed E-state index contributed by atoms with van der Waals surface area (Å²) in [5, 5.41) is 13.7. The molecule has 0 aromatic carbocycles. The van der Waals surface area contributed by atoms with Gasteiger partial charge < -0.3 is 28.8 Å². The molecular formula is C40H77N2O6P. The van der Waals surface area contributed by atoms with Gasteiger partial charge in [-0.3, -0.25) is 9.36 Å². The van der Waals surface area contributed by atoms with Gasteiger partial charge >= 0.3 is 0 Å². The highest BCUT2D eigenvalue weighted by atomic mass is 31.2. The van der Waals surface area contributed by atoms with Crippen LogP contribution in [0.15, 0.2) is 36.5 Å². The number of likely N-dealkylation sites (N-methyl/N-ethyl adjacent to an activating group) is 1. The van der Waals surface area contributed by atoms with E-state index in [0.717, 1.165) is 57.8 Å². The summed E-state index contributed by atoms with van der Waals surface area (Å²) in [7, 11) is 1.23. The molecule has 49 heavy (non-hydrogen) atoms. The van der Waals surface area contributed by atoms with E-state index in [-0.39, 0.29) is 12.5 Å². The molecule has 0 rings (SSSR count). The number of aliphatic hydroxyl groups excluding tert-OH is 1. The predicted octanol–water partition coefficient (Wildman–Crippen LogP) is 9.72. The summed E-state index contributed by atoms with van der Waals surface area (Å²) >= 11 is 0. The number of nitrogens with zero attached hydrogens (tertiary/aromatic N) is 1. The molecule has 2 N–H and O–H groups in total. The Morgan fingerprint density at radius 3 is 1.65 bits per heavy atom. The van der Waals surface area contributed by atoms with Crippen LogP contribution in [-0.2, 0) is 18.4 Å². The number of hydrogen-bond donors (Lipinski definition) is 2. The number of aliphatic hydroxyl groups is 1. The molecule has 0 aromatic heterocycles. The predicted molar refractivity (Wildman–Crippen MR) is 205 cm³/mol.